The van der Waals surface area contributed by atoms with Crippen molar-refractivity contribution in [3.8, 4) is 0 Å². The number of allylic oxidation sites excluding steroid dienone is 1. The molecule has 4 atom stereocenters. The number of hydrogen-bond donors (Lipinski definition) is 3. The first-order chi connectivity index (χ1) is 10.0. The smallest absolute Gasteiger partial charge is 0.306 e. The minimum Gasteiger partial charge on any atom is -0.460 e. The second-order valence-electron chi connectivity index (χ2n) is 6.64. The van der Waals surface area contributed by atoms with E-state index in [-0.39, 0.29) is 12.8 Å². The molecule has 0 aromatic heterocycles. The molecule has 0 aliphatic carbocycles. The van der Waals surface area contributed by atoms with E-state index in [1.807, 2.05) is 6.08 Å². The van der Waals surface area contributed by atoms with Crippen molar-refractivity contribution < 1.29 is 24.9 Å². The molecule has 0 aromatic carbocycles. The Balaban J connectivity index is 2.97. The van der Waals surface area contributed by atoms with Crippen LogP contribution in [0.4, 0.5) is 0 Å². The van der Waals surface area contributed by atoms with Crippen LogP contribution in [0.2, 0.25) is 0 Å². The lowest BCUT2D eigenvalue weighted by atomic mass is 9.92. The molecule has 1 aliphatic rings. The zero-order valence-corrected chi connectivity index (χ0v) is 13.9. The van der Waals surface area contributed by atoms with Crippen molar-refractivity contribution in [1.29, 1.82) is 0 Å². The second kappa shape index (κ2) is 7.40. The number of ether oxygens (including phenoxy) is 1. The van der Waals surface area contributed by atoms with E-state index in [0.29, 0.717) is 12.8 Å². The van der Waals surface area contributed by atoms with E-state index < -0.39 is 29.4 Å². The number of hydrogen-bond acceptors (Lipinski definition) is 5. The topological polar surface area (TPSA) is 87.0 Å². The van der Waals surface area contributed by atoms with Crippen LogP contribution in [0, 0.1) is 0 Å². The average Bonchev–Trinajstić information content (AvgIpc) is 2.41. The summed E-state index contributed by atoms with van der Waals surface area (Å²) in [5.41, 5.74) is -1.58. The van der Waals surface area contributed by atoms with E-state index in [1.54, 1.807) is 27.7 Å². The summed E-state index contributed by atoms with van der Waals surface area (Å²) < 4.78 is 5.26. The van der Waals surface area contributed by atoms with Crippen molar-refractivity contribution in [3.05, 3.63) is 23.8 Å². The number of carbonyl (C=O) groups excluding carboxylic acids is 1. The van der Waals surface area contributed by atoms with Gasteiger partial charge in [0.1, 0.15) is 6.10 Å². The Morgan fingerprint density at radius 3 is 2.55 bits per heavy atom. The summed E-state index contributed by atoms with van der Waals surface area (Å²) in [5, 5.41) is 30.6. The number of rotatable bonds is 0. The normalized spacial score (nSPS) is 42.7. The van der Waals surface area contributed by atoms with Gasteiger partial charge in [-0.1, -0.05) is 18.2 Å². The molecule has 0 unspecified atom stereocenters. The minimum absolute atomic E-state index is 0.0443. The fourth-order valence-electron chi connectivity index (χ4n) is 2.19. The van der Waals surface area contributed by atoms with Crippen molar-refractivity contribution in [2.75, 3.05) is 0 Å². The van der Waals surface area contributed by atoms with Gasteiger partial charge in [-0.05, 0) is 52.5 Å². The molecule has 0 radical (unpaired) electrons. The Labute approximate surface area is 132 Å². The quantitative estimate of drug-likeness (QED) is 0.469. The molecular formula is C17H28O5. The first kappa shape index (κ1) is 18.9. The monoisotopic (exact) mass is 312 g/mol. The molecule has 0 aromatic rings. The van der Waals surface area contributed by atoms with Crippen LogP contribution in [0.15, 0.2) is 23.8 Å². The number of carbonyl (C=O) groups is 1. The Kier molecular flexibility index (Phi) is 6.35. The second-order valence-corrected chi connectivity index (χ2v) is 6.64. The lowest BCUT2D eigenvalue weighted by Crippen LogP contribution is -2.40. The van der Waals surface area contributed by atoms with Gasteiger partial charge in [0.25, 0.3) is 0 Å². The highest BCUT2D eigenvalue weighted by Gasteiger charge is 2.31. The third-order valence-electron chi connectivity index (χ3n) is 4.24. The highest BCUT2D eigenvalue weighted by Crippen LogP contribution is 2.23. The summed E-state index contributed by atoms with van der Waals surface area (Å²) in [6.45, 7) is 6.67. The van der Waals surface area contributed by atoms with E-state index in [0.717, 1.165) is 5.57 Å². The van der Waals surface area contributed by atoms with Crippen molar-refractivity contribution in [2.24, 2.45) is 0 Å². The summed E-state index contributed by atoms with van der Waals surface area (Å²) in [7, 11) is 0. The summed E-state index contributed by atoms with van der Waals surface area (Å²) in [5.74, 6) is -0.453. The molecule has 0 amide bonds. The Morgan fingerprint density at radius 1 is 1.27 bits per heavy atom. The van der Waals surface area contributed by atoms with Gasteiger partial charge in [-0.3, -0.25) is 4.79 Å². The van der Waals surface area contributed by atoms with Gasteiger partial charge >= 0.3 is 5.97 Å². The van der Waals surface area contributed by atoms with Crippen LogP contribution in [0.5, 0.6) is 0 Å². The molecule has 0 saturated heterocycles. The van der Waals surface area contributed by atoms with Crippen LogP contribution in [0.1, 0.15) is 53.4 Å². The van der Waals surface area contributed by atoms with Crippen LogP contribution < -0.4 is 0 Å². The van der Waals surface area contributed by atoms with Crippen molar-refractivity contribution in [1.82, 2.24) is 0 Å². The number of aliphatic hydroxyl groups excluding tert-OH is 1. The third kappa shape index (κ3) is 5.91. The molecule has 22 heavy (non-hydrogen) atoms. The molecule has 5 heteroatoms. The molecule has 0 saturated carbocycles. The maximum atomic E-state index is 11.8. The van der Waals surface area contributed by atoms with Crippen LogP contribution in [-0.4, -0.2) is 44.7 Å². The van der Waals surface area contributed by atoms with Gasteiger partial charge in [-0.15, -0.1) is 0 Å². The first-order valence-electron chi connectivity index (χ1n) is 7.72. The molecule has 126 valence electrons. The third-order valence-corrected chi connectivity index (χ3v) is 4.24. The highest BCUT2D eigenvalue weighted by molar-refractivity contribution is 5.69. The number of esters is 1. The summed E-state index contributed by atoms with van der Waals surface area (Å²) in [6, 6.07) is 0. The molecule has 0 fully saturated rings. The van der Waals surface area contributed by atoms with E-state index in [1.165, 1.54) is 12.2 Å². The molecule has 0 bridgehead atoms. The van der Waals surface area contributed by atoms with Gasteiger partial charge in [0.15, 0.2) is 0 Å². The van der Waals surface area contributed by atoms with Crippen LogP contribution in [-0.2, 0) is 9.53 Å². The summed E-state index contributed by atoms with van der Waals surface area (Å²) in [4.78, 5) is 11.8. The number of aliphatic hydroxyl groups is 3. The molecule has 1 aliphatic heterocycles. The van der Waals surface area contributed by atoms with Gasteiger partial charge in [-0.2, -0.15) is 0 Å². The van der Waals surface area contributed by atoms with Gasteiger partial charge in [0.05, 0.1) is 17.3 Å². The lowest BCUT2D eigenvalue weighted by Gasteiger charge is -2.30. The molecule has 5 nitrogen and oxygen atoms in total. The van der Waals surface area contributed by atoms with Crippen molar-refractivity contribution >= 4 is 5.97 Å². The zero-order chi connectivity index (χ0) is 17.0. The maximum Gasteiger partial charge on any atom is 0.306 e. The van der Waals surface area contributed by atoms with Gasteiger partial charge in [0, 0.05) is 6.42 Å². The largest absolute Gasteiger partial charge is 0.460 e. The minimum atomic E-state index is -1.20. The van der Waals surface area contributed by atoms with E-state index in [9.17, 15) is 20.1 Å². The Bertz CT molecular complexity index is 448. The van der Waals surface area contributed by atoms with Crippen LogP contribution in [0.25, 0.3) is 0 Å². The highest BCUT2D eigenvalue weighted by atomic mass is 16.6. The SMILES string of the molecule is C/C1=C\CC[C@@](C)(O)[C@@H](C)OC(=O)CC[C@](C)(O)/C=C/[C@@H]1O. The first-order valence-corrected chi connectivity index (χ1v) is 7.72. The van der Waals surface area contributed by atoms with Gasteiger partial charge in [-0.25, -0.2) is 0 Å². The van der Waals surface area contributed by atoms with E-state index >= 15 is 0 Å². The molecule has 0 spiro atoms. The molecule has 1 rings (SSSR count). The van der Waals surface area contributed by atoms with Gasteiger partial charge < -0.3 is 20.1 Å². The summed E-state index contributed by atoms with van der Waals surface area (Å²) >= 11 is 0. The number of cyclic esters (lactones) is 1. The van der Waals surface area contributed by atoms with Crippen LogP contribution >= 0.6 is 0 Å². The fraction of sp³-hybridized carbons (Fsp3) is 0.706. The Morgan fingerprint density at radius 2 is 1.91 bits per heavy atom. The van der Waals surface area contributed by atoms with Gasteiger partial charge in [0.2, 0.25) is 0 Å². The van der Waals surface area contributed by atoms with Crippen molar-refractivity contribution in [3.63, 3.8) is 0 Å². The maximum absolute atomic E-state index is 11.8. The predicted octanol–water partition coefficient (Wildman–Crippen LogP) is 1.86. The standard InChI is InChI=1S/C17H28O5/c1-12-6-5-9-17(4,21)13(2)22-15(19)8-11-16(3,20)10-7-14(12)18/h6-7,10,13-14,18,20-21H,5,8-9,11H2,1-4H3/b10-7+,12-6+/t13-,14+,16-,17-/m1/s1. The van der Waals surface area contributed by atoms with E-state index in [2.05, 4.69) is 0 Å². The van der Waals surface area contributed by atoms with Crippen molar-refractivity contribution in [2.45, 2.75) is 76.8 Å². The van der Waals surface area contributed by atoms with E-state index in [4.69, 9.17) is 4.74 Å². The molecule has 3 N–H and O–H groups in total. The average molecular weight is 312 g/mol. The zero-order valence-electron chi connectivity index (χ0n) is 13.9. The fourth-order valence-corrected chi connectivity index (χ4v) is 2.19. The van der Waals surface area contributed by atoms with Crippen LogP contribution in [0.3, 0.4) is 0 Å². The molecule has 1 heterocycles. The lowest BCUT2D eigenvalue weighted by molar-refractivity contribution is -0.163. The molecular weight excluding hydrogens is 284 g/mol. The summed E-state index contributed by atoms with van der Waals surface area (Å²) in [6.07, 6.45) is 4.66. The predicted molar refractivity (Wildman–Crippen MR) is 84.2 cm³/mol. The Hall–Kier alpha value is -1.17.